The maximum absolute atomic E-state index is 14.2. The van der Waals surface area contributed by atoms with Crippen LogP contribution in [0.2, 0.25) is 0 Å². The van der Waals surface area contributed by atoms with Crippen LogP contribution in [0.15, 0.2) is 42.4 Å². The van der Waals surface area contributed by atoms with Crippen LogP contribution in [0, 0.1) is 11.7 Å². The Kier molecular flexibility index (Phi) is 1.83. The molecule has 2 heterocycles. The van der Waals surface area contributed by atoms with E-state index in [-0.39, 0.29) is 17.2 Å². The molecule has 5 heteroatoms. The molecule has 0 bridgehead atoms. The third kappa shape index (κ3) is 3.17. The van der Waals surface area contributed by atoms with E-state index in [0.29, 0.717) is 0 Å². The summed E-state index contributed by atoms with van der Waals surface area (Å²) in [5.74, 6) is -7.21. The number of rotatable bonds is 4. The molecule has 2 aliphatic rings. The van der Waals surface area contributed by atoms with Gasteiger partial charge >= 0.3 is 0 Å². The summed E-state index contributed by atoms with van der Waals surface area (Å²) >= 11 is 0. The number of nitrogens with one attached hydrogen (secondary N) is 1. The number of hydrogen-bond acceptors (Lipinski definition) is 4. The average Bonchev–Trinajstić information content (AvgIpc) is 3.00. The molecule has 1 fully saturated rings. The molecule has 0 amide bonds. The van der Waals surface area contributed by atoms with Crippen molar-refractivity contribution < 1.29 is 36.4 Å². The number of fused-ring (bicyclic) bond motifs is 1. The largest absolute Gasteiger partial charge is 0.493 e. The SMILES string of the molecule is [2H]c1c([2H])c([C@]2([2H])CC([2H])([2H])NC([2H])([2H])C2C([2H])([2H])Oc2ccc3c(c2)OC([2H])([2H])O3)c([2H])c([2H])c1F. The molecule has 126 valence electrons. The van der Waals surface area contributed by atoms with Crippen molar-refractivity contribution >= 4 is 0 Å². The maximum atomic E-state index is 14.2. The van der Waals surface area contributed by atoms with Crippen LogP contribution in [0.5, 0.6) is 17.2 Å². The minimum absolute atomic E-state index is 0.0226. The van der Waals surface area contributed by atoms with Gasteiger partial charge in [-0.3, -0.25) is 0 Å². The molecule has 4 nitrogen and oxygen atoms in total. The average molecular weight is 342 g/mol. The molecule has 1 saturated heterocycles. The fourth-order valence-electron chi connectivity index (χ4n) is 2.20. The molecule has 2 atom stereocenters. The fourth-order valence-corrected chi connectivity index (χ4v) is 2.20. The highest BCUT2D eigenvalue weighted by Crippen LogP contribution is 2.36. The zero-order chi connectivity index (χ0) is 27.9. The molecule has 0 saturated carbocycles. The van der Waals surface area contributed by atoms with E-state index in [1.165, 1.54) is 6.07 Å². The van der Waals surface area contributed by atoms with Crippen LogP contribution in [0.25, 0.3) is 0 Å². The van der Waals surface area contributed by atoms with Crippen molar-refractivity contribution in [2.45, 2.75) is 12.3 Å². The Hall–Kier alpha value is -2.27. The number of ether oxygens (including phenoxy) is 3. The van der Waals surface area contributed by atoms with E-state index in [2.05, 4.69) is 0 Å². The lowest BCUT2D eigenvalue weighted by Gasteiger charge is -2.32. The van der Waals surface area contributed by atoms with Crippen LogP contribution in [0.4, 0.5) is 4.39 Å². The van der Waals surface area contributed by atoms with Gasteiger partial charge in [0.15, 0.2) is 11.5 Å². The summed E-state index contributed by atoms with van der Waals surface area (Å²) in [6.45, 7) is -11.4. The first-order valence-corrected chi connectivity index (χ1v) is 6.97. The Balaban J connectivity index is 1.86. The van der Waals surface area contributed by atoms with E-state index in [4.69, 9.17) is 32.0 Å². The van der Waals surface area contributed by atoms with Crippen LogP contribution in [-0.4, -0.2) is 26.3 Å². The van der Waals surface area contributed by atoms with Gasteiger partial charge in [-0.15, -0.1) is 0 Å². The van der Waals surface area contributed by atoms with Crippen molar-refractivity contribution in [1.29, 1.82) is 0 Å². The van der Waals surface area contributed by atoms with Gasteiger partial charge in [-0.05, 0) is 48.6 Å². The lowest BCUT2D eigenvalue weighted by atomic mass is 9.81. The molecule has 0 radical (unpaired) electrons. The van der Waals surface area contributed by atoms with Gasteiger partial charge in [-0.1, -0.05) is 12.1 Å². The Bertz CT molecular complexity index is 1250. The fraction of sp³-hybridized carbons (Fsp3) is 0.368. The maximum Gasteiger partial charge on any atom is 0.231 e. The smallest absolute Gasteiger partial charge is 0.231 e. The van der Waals surface area contributed by atoms with Crippen molar-refractivity contribution in [3.8, 4) is 17.2 Å². The first kappa shape index (κ1) is 6.56. The van der Waals surface area contributed by atoms with Gasteiger partial charge in [0.1, 0.15) is 14.3 Å². The first-order chi connectivity index (χ1) is 16.7. The Morgan fingerprint density at radius 2 is 2.17 bits per heavy atom. The first-order valence-electron chi connectivity index (χ1n) is 13.5. The van der Waals surface area contributed by atoms with E-state index in [0.717, 1.165) is 12.1 Å². The molecule has 2 aromatic rings. The summed E-state index contributed by atoms with van der Waals surface area (Å²) in [4.78, 5) is 0. The molecule has 2 aliphatic heterocycles. The van der Waals surface area contributed by atoms with Crippen LogP contribution in [-0.2, 0) is 0 Å². The zero-order valence-electron chi connectivity index (χ0n) is 25.1. The number of hydrogen-bond donors (Lipinski definition) is 1. The Morgan fingerprint density at radius 3 is 3.04 bits per heavy atom. The van der Waals surface area contributed by atoms with Crippen LogP contribution in [0.3, 0.4) is 0 Å². The molecule has 0 aliphatic carbocycles. The molecule has 1 unspecified atom stereocenters. The minimum atomic E-state index is -3.20. The van der Waals surface area contributed by atoms with Gasteiger partial charge in [0, 0.05) is 25.3 Å². The zero-order valence-corrected chi connectivity index (χ0v) is 12.1. The Labute approximate surface area is 158 Å². The monoisotopic (exact) mass is 342 g/mol. The molecular formula is C19H20FNO3. The summed E-state index contributed by atoms with van der Waals surface area (Å²) < 4.78 is 136. The van der Waals surface area contributed by atoms with E-state index >= 15 is 0 Å². The van der Waals surface area contributed by atoms with Crippen molar-refractivity contribution in [2.75, 3.05) is 26.3 Å². The number of halogens is 1. The highest BCUT2D eigenvalue weighted by Gasteiger charge is 2.27. The quantitative estimate of drug-likeness (QED) is 0.925. The molecule has 0 aromatic heterocycles. The molecular weight excluding hydrogens is 309 g/mol. The summed E-state index contributed by atoms with van der Waals surface area (Å²) in [5.41, 5.74) is -0.894. The second kappa shape index (κ2) is 6.69. The lowest BCUT2D eigenvalue weighted by molar-refractivity contribution is 0.173. The van der Waals surface area contributed by atoms with Crippen molar-refractivity contribution in [3.05, 3.63) is 53.7 Å². The van der Waals surface area contributed by atoms with Gasteiger partial charge in [0.2, 0.25) is 6.75 Å². The van der Waals surface area contributed by atoms with E-state index in [9.17, 15) is 4.39 Å². The van der Waals surface area contributed by atoms with Crippen LogP contribution < -0.4 is 19.5 Å². The van der Waals surface area contributed by atoms with Crippen LogP contribution in [0.1, 0.15) is 35.7 Å². The Morgan fingerprint density at radius 1 is 1.33 bits per heavy atom. The van der Waals surface area contributed by atoms with Crippen molar-refractivity contribution in [1.82, 2.24) is 5.32 Å². The molecule has 2 aromatic carbocycles. The van der Waals surface area contributed by atoms with Gasteiger partial charge < -0.3 is 19.5 Å². The van der Waals surface area contributed by atoms with Crippen molar-refractivity contribution in [3.63, 3.8) is 0 Å². The van der Waals surface area contributed by atoms with Gasteiger partial charge in [-0.2, -0.15) is 0 Å². The van der Waals surface area contributed by atoms with Gasteiger partial charge in [-0.25, -0.2) is 4.39 Å². The topological polar surface area (TPSA) is 39.7 Å². The van der Waals surface area contributed by atoms with E-state index < -0.39 is 80.1 Å². The summed E-state index contributed by atoms with van der Waals surface area (Å²) in [5, 5.41) is 1.97. The minimum Gasteiger partial charge on any atom is -0.493 e. The van der Waals surface area contributed by atoms with E-state index in [1.807, 2.05) is 5.32 Å². The van der Waals surface area contributed by atoms with Gasteiger partial charge in [0.25, 0.3) is 0 Å². The third-order valence-electron chi connectivity index (χ3n) is 3.36. The predicted molar refractivity (Wildman–Crippen MR) is 88.2 cm³/mol. The predicted octanol–water partition coefficient (Wildman–Crippen LogP) is 3.33. The second-order valence-corrected chi connectivity index (χ2v) is 4.89. The number of piperidine rings is 1. The van der Waals surface area contributed by atoms with Gasteiger partial charge in [0.05, 0.1) is 14.8 Å². The highest BCUT2D eigenvalue weighted by molar-refractivity contribution is 5.46. The summed E-state index contributed by atoms with van der Waals surface area (Å²) in [7, 11) is 0. The summed E-state index contributed by atoms with van der Waals surface area (Å²) in [6.07, 6.45) is -1.04. The molecule has 4 rings (SSSR count). The normalized spacial score (nSPS) is 40.2. The van der Waals surface area contributed by atoms with Crippen molar-refractivity contribution in [2.24, 2.45) is 5.92 Å². The highest BCUT2D eigenvalue weighted by atomic mass is 19.1. The lowest BCUT2D eigenvalue weighted by Crippen LogP contribution is -2.38. The molecule has 0 spiro atoms. The molecule has 24 heavy (non-hydrogen) atoms. The van der Waals surface area contributed by atoms with E-state index in [1.54, 1.807) is 0 Å². The van der Waals surface area contributed by atoms with Crippen LogP contribution >= 0.6 is 0 Å². The third-order valence-corrected chi connectivity index (χ3v) is 3.36. The standard InChI is InChI=1S/C19H20FNO3/c20-15-3-1-13(2-4-15)17-7-8-21-10-14(17)11-22-16-5-6-18-19(9-16)24-12-23-18/h1-6,9,14,17,21H,7-8,10-12H2/t14?,17-/m0/s1/i1D,2D,3D,4D,8D2,10D2,11D2,12D2,17D. The molecule has 1 N–H and O–H groups in total. The number of benzene rings is 2. The second-order valence-electron chi connectivity index (χ2n) is 4.89. The summed E-state index contributed by atoms with van der Waals surface area (Å²) in [6, 6.07) is -1.08.